The zero-order valence-electron chi connectivity index (χ0n) is 17.5. The number of nitrogens with zero attached hydrogens (tertiary/aromatic N) is 3. The number of benzene rings is 1. The second-order valence-electron chi connectivity index (χ2n) is 8.69. The van der Waals surface area contributed by atoms with Gasteiger partial charge in [-0.05, 0) is 49.4 Å². The number of pyridine rings is 1. The standard InChI is InChI=1S/C24H28N4O2/c1-16-5-4-10-25-23(16)24(29)9-8-18-13-28(15-21(18)24)14-19-12-26-27-22(19)17-6-3-7-20(11-17)30-2/h3-7,10-12,18,21,29H,8-9,13-15H2,1-2H3,(H,26,27)/t18-,21+,24-/m1/s1. The Kier molecular flexibility index (Phi) is 4.83. The Bertz CT molecular complexity index is 1050. The summed E-state index contributed by atoms with van der Waals surface area (Å²) < 4.78 is 5.37. The third kappa shape index (κ3) is 3.20. The van der Waals surface area contributed by atoms with E-state index in [1.165, 1.54) is 5.56 Å². The van der Waals surface area contributed by atoms with Crippen LogP contribution in [0.1, 0.15) is 29.7 Å². The minimum absolute atomic E-state index is 0.221. The van der Waals surface area contributed by atoms with Gasteiger partial charge in [0.15, 0.2) is 0 Å². The fourth-order valence-electron chi connectivity index (χ4n) is 5.45. The van der Waals surface area contributed by atoms with Crippen LogP contribution in [0.3, 0.4) is 0 Å². The molecular weight excluding hydrogens is 376 g/mol. The Morgan fingerprint density at radius 2 is 2.17 bits per heavy atom. The average molecular weight is 405 g/mol. The fraction of sp³-hybridized carbons (Fsp3) is 0.417. The van der Waals surface area contributed by atoms with Crippen LogP contribution in [-0.4, -0.2) is 45.4 Å². The van der Waals surface area contributed by atoms with Crippen LogP contribution in [-0.2, 0) is 12.1 Å². The first-order valence-electron chi connectivity index (χ1n) is 10.6. The van der Waals surface area contributed by atoms with Crippen molar-refractivity contribution >= 4 is 0 Å². The molecular formula is C24H28N4O2. The van der Waals surface area contributed by atoms with E-state index < -0.39 is 5.60 Å². The molecule has 0 amide bonds. The van der Waals surface area contributed by atoms with Gasteiger partial charge in [-0.3, -0.25) is 15.0 Å². The Hall–Kier alpha value is -2.70. The van der Waals surface area contributed by atoms with Crippen LogP contribution in [0.2, 0.25) is 0 Å². The highest BCUT2D eigenvalue weighted by atomic mass is 16.5. The molecule has 2 aromatic heterocycles. The molecule has 3 aromatic rings. The minimum Gasteiger partial charge on any atom is -0.497 e. The summed E-state index contributed by atoms with van der Waals surface area (Å²) in [6.07, 6.45) is 5.56. The number of aliphatic hydroxyl groups is 1. The fourth-order valence-corrected chi connectivity index (χ4v) is 5.45. The van der Waals surface area contributed by atoms with Gasteiger partial charge in [0, 0.05) is 42.9 Å². The molecule has 2 aliphatic rings. The number of nitrogens with one attached hydrogen (secondary N) is 1. The summed E-state index contributed by atoms with van der Waals surface area (Å²) in [7, 11) is 1.68. The first-order valence-corrected chi connectivity index (χ1v) is 10.6. The van der Waals surface area contributed by atoms with E-state index in [0.29, 0.717) is 5.92 Å². The molecule has 6 nitrogen and oxygen atoms in total. The molecule has 0 spiro atoms. The summed E-state index contributed by atoms with van der Waals surface area (Å²) in [5.41, 5.74) is 4.38. The molecule has 1 aliphatic carbocycles. The van der Waals surface area contributed by atoms with Gasteiger partial charge < -0.3 is 9.84 Å². The molecule has 3 heterocycles. The van der Waals surface area contributed by atoms with Crippen molar-refractivity contribution in [3.63, 3.8) is 0 Å². The number of aryl methyl sites for hydroxylation is 1. The average Bonchev–Trinajstić information content (AvgIpc) is 3.46. The van der Waals surface area contributed by atoms with Gasteiger partial charge in [0.1, 0.15) is 11.4 Å². The number of fused-ring (bicyclic) bond motifs is 1. The molecule has 6 heteroatoms. The summed E-state index contributed by atoms with van der Waals surface area (Å²) in [5, 5.41) is 19.1. The summed E-state index contributed by atoms with van der Waals surface area (Å²) in [6.45, 7) is 4.74. The maximum atomic E-state index is 11.6. The van der Waals surface area contributed by atoms with Crippen molar-refractivity contribution in [1.82, 2.24) is 20.1 Å². The lowest BCUT2D eigenvalue weighted by Gasteiger charge is -2.31. The van der Waals surface area contributed by atoms with Gasteiger partial charge >= 0.3 is 0 Å². The van der Waals surface area contributed by atoms with Crippen molar-refractivity contribution in [3.05, 3.63) is 65.6 Å². The molecule has 0 bridgehead atoms. The van der Waals surface area contributed by atoms with Crippen LogP contribution < -0.4 is 4.74 Å². The number of methoxy groups -OCH3 is 1. The third-order valence-electron chi connectivity index (χ3n) is 6.92. The van der Waals surface area contributed by atoms with E-state index in [4.69, 9.17) is 4.74 Å². The van der Waals surface area contributed by atoms with Crippen molar-refractivity contribution in [3.8, 4) is 17.0 Å². The van der Waals surface area contributed by atoms with E-state index >= 15 is 0 Å². The van der Waals surface area contributed by atoms with Crippen LogP contribution in [0.15, 0.2) is 48.8 Å². The molecule has 2 fully saturated rings. The molecule has 5 rings (SSSR count). The molecule has 1 aromatic carbocycles. The van der Waals surface area contributed by atoms with Crippen LogP contribution in [0.5, 0.6) is 5.75 Å². The summed E-state index contributed by atoms with van der Waals surface area (Å²) in [5.74, 6) is 1.56. The Labute approximate surface area is 176 Å². The van der Waals surface area contributed by atoms with E-state index in [-0.39, 0.29) is 5.92 Å². The maximum Gasteiger partial charge on any atom is 0.119 e. The number of ether oxygens (including phenoxy) is 1. The van der Waals surface area contributed by atoms with Crippen molar-refractivity contribution in [2.45, 2.75) is 31.9 Å². The number of likely N-dealkylation sites (tertiary alicyclic amines) is 1. The normalized spacial score (nSPS) is 26.1. The van der Waals surface area contributed by atoms with Crippen molar-refractivity contribution in [1.29, 1.82) is 0 Å². The lowest BCUT2D eigenvalue weighted by Crippen LogP contribution is -2.36. The van der Waals surface area contributed by atoms with E-state index in [1.807, 2.05) is 43.5 Å². The van der Waals surface area contributed by atoms with E-state index in [1.54, 1.807) is 13.3 Å². The highest BCUT2D eigenvalue weighted by Crippen LogP contribution is 2.50. The van der Waals surface area contributed by atoms with Crippen LogP contribution in [0.4, 0.5) is 0 Å². The zero-order valence-corrected chi connectivity index (χ0v) is 17.5. The lowest BCUT2D eigenvalue weighted by atomic mass is 9.83. The van der Waals surface area contributed by atoms with Crippen LogP contribution in [0, 0.1) is 18.8 Å². The summed E-state index contributed by atoms with van der Waals surface area (Å²) >= 11 is 0. The van der Waals surface area contributed by atoms with Crippen molar-refractivity contribution in [2.24, 2.45) is 11.8 Å². The number of hydrogen-bond donors (Lipinski definition) is 2. The van der Waals surface area contributed by atoms with Crippen molar-refractivity contribution in [2.75, 3.05) is 20.2 Å². The molecule has 1 saturated heterocycles. The van der Waals surface area contributed by atoms with E-state index in [0.717, 1.165) is 60.7 Å². The third-order valence-corrected chi connectivity index (χ3v) is 6.92. The number of H-pyrrole nitrogens is 1. The maximum absolute atomic E-state index is 11.6. The Balaban J connectivity index is 1.36. The van der Waals surface area contributed by atoms with Gasteiger partial charge in [-0.15, -0.1) is 0 Å². The molecule has 3 atom stereocenters. The monoisotopic (exact) mass is 404 g/mol. The Morgan fingerprint density at radius 3 is 3.00 bits per heavy atom. The van der Waals surface area contributed by atoms with Gasteiger partial charge in [0.25, 0.3) is 0 Å². The molecule has 1 aliphatic heterocycles. The largest absolute Gasteiger partial charge is 0.497 e. The van der Waals surface area contributed by atoms with Gasteiger partial charge in [-0.1, -0.05) is 18.2 Å². The van der Waals surface area contributed by atoms with E-state index in [9.17, 15) is 5.11 Å². The second-order valence-corrected chi connectivity index (χ2v) is 8.69. The van der Waals surface area contributed by atoms with E-state index in [2.05, 4.69) is 26.1 Å². The quantitative estimate of drug-likeness (QED) is 0.681. The first kappa shape index (κ1) is 19.3. The second kappa shape index (κ2) is 7.52. The number of rotatable bonds is 5. The lowest BCUT2D eigenvalue weighted by molar-refractivity contribution is -0.0114. The highest BCUT2D eigenvalue weighted by molar-refractivity contribution is 5.64. The van der Waals surface area contributed by atoms with Gasteiger partial charge in [-0.2, -0.15) is 5.10 Å². The zero-order chi connectivity index (χ0) is 20.7. The molecule has 2 N–H and O–H groups in total. The summed E-state index contributed by atoms with van der Waals surface area (Å²) in [4.78, 5) is 7.02. The van der Waals surface area contributed by atoms with Gasteiger partial charge in [0.05, 0.1) is 24.7 Å². The van der Waals surface area contributed by atoms with Crippen molar-refractivity contribution < 1.29 is 9.84 Å². The van der Waals surface area contributed by atoms with Crippen LogP contribution >= 0.6 is 0 Å². The molecule has 30 heavy (non-hydrogen) atoms. The minimum atomic E-state index is -0.823. The molecule has 0 unspecified atom stereocenters. The molecule has 0 radical (unpaired) electrons. The number of aromatic nitrogens is 3. The predicted molar refractivity (Wildman–Crippen MR) is 115 cm³/mol. The first-order chi connectivity index (χ1) is 14.6. The number of hydrogen-bond acceptors (Lipinski definition) is 5. The molecule has 1 saturated carbocycles. The molecule has 156 valence electrons. The van der Waals surface area contributed by atoms with Crippen LogP contribution in [0.25, 0.3) is 11.3 Å². The van der Waals surface area contributed by atoms with Gasteiger partial charge in [-0.25, -0.2) is 0 Å². The van der Waals surface area contributed by atoms with Gasteiger partial charge in [0.2, 0.25) is 0 Å². The Morgan fingerprint density at radius 1 is 1.27 bits per heavy atom. The topological polar surface area (TPSA) is 74.3 Å². The number of aromatic amines is 1. The summed E-state index contributed by atoms with van der Waals surface area (Å²) in [6, 6.07) is 12.0. The smallest absolute Gasteiger partial charge is 0.119 e. The SMILES string of the molecule is COc1cccc(-c2[nH]ncc2CN2C[C@H]3CC[C@](O)(c4ncccc4C)[C@H]3C2)c1. The predicted octanol–water partition coefficient (Wildman–Crippen LogP) is 3.52. The highest BCUT2D eigenvalue weighted by Gasteiger charge is 2.53.